The maximum absolute atomic E-state index is 5.77. The van der Waals surface area contributed by atoms with E-state index in [1.54, 1.807) is 24.5 Å². The third kappa shape index (κ3) is 2.34. The summed E-state index contributed by atoms with van der Waals surface area (Å²) in [4.78, 5) is 11.6. The SMILES string of the molecule is Nc1ncc(-c2cc(Cl)nc(Cl)c2)cn1. The van der Waals surface area contributed by atoms with Crippen LogP contribution in [0.1, 0.15) is 0 Å². The Hall–Kier alpha value is -1.39. The lowest BCUT2D eigenvalue weighted by atomic mass is 10.1. The van der Waals surface area contributed by atoms with E-state index in [2.05, 4.69) is 15.0 Å². The van der Waals surface area contributed by atoms with Gasteiger partial charge in [-0.2, -0.15) is 0 Å². The quantitative estimate of drug-likeness (QED) is 0.778. The Morgan fingerprint density at radius 3 is 2.00 bits per heavy atom. The van der Waals surface area contributed by atoms with E-state index in [1.807, 2.05) is 0 Å². The molecule has 0 aliphatic carbocycles. The molecule has 0 aromatic carbocycles. The molecule has 2 N–H and O–H groups in total. The zero-order valence-electron chi connectivity index (χ0n) is 7.48. The van der Waals surface area contributed by atoms with Gasteiger partial charge in [-0.05, 0) is 17.7 Å². The molecule has 0 saturated heterocycles. The zero-order chi connectivity index (χ0) is 10.8. The molecule has 0 aliphatic heterocycles. The standard InChI is InChI=1S/C9H6Cl2N4/c10-7-1-5(2-8(11)15-7)6-3-13-9(12)14-4-6/h1-4H,(H2,12,13,14). The van der Waals surface area contributed by atoms with Gasteiger partial charge in [0.2, 0.25) is 5.95 Å². The van der Waals surface area contributed by atoms with Crippen LogP contribution in [0.5, 0.6) is 0 Å². The van der Waals surface area contributed by atoms with E-state index in [-0.39, 0.29) is 5.95 Å². The molecular formula is C9H6Cl2N4. The van der Waals surface area contributed by atoms with Gasteiger partial charge in [0.05, 0.1) is 0 Å². The fourth-order valence-electron chi connectivity index (χ4n) is 1.12. The predicted octanol–water partition coefficient (Wildman–Crippen LogP) is 2.43. The molecular weight excluding hydrogens is 235 g/mol. The molecule has 0 saturated carbocycles. The van der Waals surface area contributed by atoms with E-state index in [0.29, 0.717) is 10.3 Å². The molecule has 2 heterocycles. The van der Waals surface area contributed by atoms with E-state index >= 15 is 0 Å². The zero-order valence-corrected chi connectivity index (χ0v) is 9.00. The number of nitrogens with two attached hydrogens (primary N) is 1. The second kappa shape index (κ2) is 4.00. The number of nitrogens with zero attached hydrogens (tertiary/aromatic N) is 3. The first-order valence-electron chi connectivity index (χ1n) is 4.06. The van der Waals surface area contributed by atoms with Gasteiger partial charge in [0.15, 0.2) is 0 Å². The maximum Gasteiger partial charge on any atom is 0.219 e. The first-order chi connectivity index (χ1) is 7.15. The van der Waals surface area contributed by atoms with Gasteiger partial charge in [0, 0.05) is 18.0 Å². The molecule has 2 aromatic rings. The Balaban J connectivity index is 2.49. The van der Waals surface area contributed by atoms with Crippen molar-refractivity contribution in [2.45, 2.75) is 0 Å². The van der Waals surface area contributed by atoms with E-state index in [4.69, 9.17) is 28.9 Å². The molecule has 0 amide bonds. The van der Waals surface area contributed by atoms with Crippen LogP contribution in [0, 0.1) is 0 Å². The molecule has 15 heavy (non-hydrogen) atoms. The minimum absolute atomic E-state index is 0.227. The fourth-order valence-corrected chi connectivity index (χ4v) is 1.58. The Labute approximate surface area is 96.1 Å². The molecule has 6 heteroatoms. The number of halogens is 2. The summed E-state index contributed by atoms with van der Waals surface area (Å²) in [7, 11) is 0. The Kier molecular flexibility index (Phi) is 2.70. The maximum atomic E-state index is 5.77. The fraction of sp³-hybridized carbons (Fsp3) is 0. The summed E-state index contributed by atoms with van der Waals surface area (Å²) in [5.41, 5.74) is 6.97. The average Bonchev–Trinajstić information content (AvgIpc) is 2.17. The van der Waals surface area contributed by atoms with Crippen LogP contribution in [-0.2, 0) is 0 Å². The van der Waals surface area contributed by atoms with Crippen molar-refractivity contribution in [3.05, 3.63) is 34.8 Å². The summed E-state index contributed by atoms with van der Waals surface area (Å²) < 4.78 is 0. The van der Waals surface area contributed by atoms with Crippen LogP contribution in [0.4, 0.5) is 5.95 Å². The minimum atomic E-state index is 0.227. The largest absolute Gasteiger partial charge is 0.368 e. The summed E-state index contributed by atoms with van der Waals surface area (Å²) in [6.07, 6.45) is 3.20. The van der Waals surface area contributed by atoms with Crippen molar-refractivity contribution < 1.29 is 0 Å². The van der Waals surface area contributed by atoms with Crippen LogP contribution < -0.4 is 5.73 Å². The van der Waals surface area contributed by atoms with Gasteiger partial charge >= 0.3 is 0 Å². The second-order valence-electron chi connectivity index (χ2n) is 2.83. The number of nitrogen functional groups attached to an aromatic ring is 1. The van der Waals surface area contributed by atoms with E-state index < -0.39 is 0 Å². The van der Waals surface area contributed by atoms with Crippen molar-refractivity contribution in [1.82, 2.24) is 15.0 Å². The highest BCUT2D eigenvalue weighted by atomic mass is 35.5. The Morgan fingerprint density at radius 2 is 1.47 bits per heavy atom. The van der Waals surface area contributed by atoms with Crippen LogP contribution in [0.2, 0.25) is 10.3 Å². The van der Waals surface area contributed by atoms with Crippen LogP contribution >= 0.6 is 23.2 Å². The second-order valence-corrected chi connectivity index (χ2v) is 3.61. The molecule has 2 rings (SSSR count). The van der Waals surface area contributed by atoms with Crippen molar-refractivity contribution in [2.75, 3.05) is 5.73 Å². The Morgan fingerprint density at radius 1 is 0.933 bits per heavy atom. The molecule has 0 unspecified atom stereocenters. The lowest BCUT2D eigenvalue weighted by molar-refractivity contribution is 1.19. The van der Waals surface area contributed by atoms with Gasteiger partial charge in [0.1, 0.15) is 10.3 Å². The van der Waals surface area contributed by atoms with Gasteiger partial charge in [0.25, 0.3) is 0 Å². The molecule has 0 spiro atoms. The van der Waals surface area contributed by atoms with Gasteiger partial charge in [-0.15, -0.1) is 0 Å². The van der Waals surface area contributed by atoms with E-state index in [1.165, 1.54) is 0 Å². The first kappa shape index (κ1) is 10.1. The van der Waals surface area contributed by atoms with Crippen molar-refractivity contribution in [2.24, 2.45) is 0 Å². The molecule has 76 valence electrons. The number of hydrogen-bond donors (Lipinski definition) is 1. The van der Waals surface area contributed by atoms with Gasteiger partial charge in [-0.1, -0.05) is 23.2 Å². The van der Waals surface area contributed by atoms with Crippen LogP contribution in [-0.4, -0.2) is 15.0 Å². The summed E-state index contributed by atoms with van der Waals surface area (Å²) in [6.45, 7) is 0. The van der Waals surface area contributed by atoms with Crippen molar-refractivity contribution in [1.29, 1.82) is 0 Å². The average molecular weight is 241 g/mol. The molecule has 4 nitrogen and oxygen atoms in total. The summed E-state index contributed by atoms with van der Waals surface area (Å²) >= 11 is 11.5. The van der Waals surface area contributed by atoms with Gasteiger partial charge in [-0.3, -0.25) is 0 Å². The monoisotopic (exact) mass is 240 g/mol. The number of aromatic nitrogens is 3. The van der Waals surface area contributed by atoms with Crippen molar-refractivity contribution >= 4 is 29.2 Å². The van der Waals surface area contributed by atoms with Gasteiger partial charge in [-0.25, -0.2) is 15.0 Å². The number of anilines is 1. The van der Waals surface area contributed by atoms with E-state index in [9.17, 15) is 0 Å². The topological polar surface area (TPSA) is 64.7 Å². The number of rotatable bonds is 1. The highest BCUT2D eigenvalue weighted by Crippen LogP contribution is 2.23. The van der Waals surface area contributed by atoms with Crippen molar-refractivity contribution in [3.8, 4) is 11.1 Å². The lowest BCUT2D eigenvalue weighted by Crippen LogP contribution is -1.93. The third-order valence-corrected chi connectivity index (χ3v) is 2.16. The van der Waals surface area contributed by atoms with Gasteiger partial charge < -0.3 is 5.73 Å². The summed E-state index contributed by atoms with van der Waals surface area (Å²) in [6, 6.07) is 3.37. The smallest absolute Gasteiger partial charge is 0.219 e. The van der Waals surface area contributed by atoms with Crippen molar-refractivity contribution in [3.63, 3.8) is 0 Å². The molecule has 0 bridgehead atoms. The number of pyridine rings is 1. The molecule has 0 radical (unpaired) electrons. The van der Waals surface area contributed by atoms with E-state index in [0.717, 1.165) is 11.1 Å². The highest BCUT2D eigenvalue weighted by molar-refractivity contribution is 6.32. The normalized spacial score (nSPS) is 10.3. The summed E-state index contributed by atoms with van der Waals surface area (Å²) in [5.74, 6) is 0.227. The predicted molar refractivity (Wildman–Crippen MR) is 59.7 cm³/mol. The highest BCUT2D eigenvalue weighted by Gasteiger charge is 2.03. The lowest BCUT2D eigenvalue weighted by Gasteiger charge is -2.01. The van der Waals surface area contributed by atoms with Crippen LogP contribution in [0.15, 0.2) is 24.5 Å². The third-order valence-electron chi connectivity index (χ3n) is 1.77. The molecule has 0 fully saturated rings. The minimum Gasteiger partial charge on any atom is -0.368 e. The molecule has 2 aromatic heterocycles. The first-order valence-corrected chi connectivity index (χ1v) is 4.82. The molecule has 0 atom stereocenters. The van der Waals surface area contributed by atoms with Crippen LogP contribution in [0.3, 0.4) is 0 Å². The van der Waals surface area contributed by atoms with Crippen LogP contribution in [0.25, 0.3) is 11.1 Å². The Bertz CT molecular complexity index is 464. The summed E-state index contributed by atoms with van der Waals surface area (Å²) in [5, 5.41) is 0.656. The number of hydrogen-bond acceptors (Lipinski definition) is 4. The molecule has 0 aliphatic rings.